The van der Waals surface area contributed by atoms with E-state index in [9.17, 15) is 4.79 Å². The fourth-order valence-corrected chi connectivity index (χ4v) is 3.38. The molecule has 0 spiro atoms. The molecule has 7 nitrogen and oxygen atoms in total. The highest BCUT2D eigenvalue weighted by atomic mass is 35.5. The first kappa shape index (κ1) is 18.6. The average Bonchev–Trinajstić information content (AvgIpc) is 2.62. The number of hydrogen-bond acceptors (Lipinski definition) is 7. The molecule has 0 aliphatic rings. The summed E-state index contributed by atoms with van der Waals surface area (Å²) in [4.78, 5) is 31.3. The number of hydrogen-bond donors (Lipinski definition) is 1. The van der Waals surface area contributed by atoms with Crippen LogP contribution in [0.1, 0.15) is 16.7 Å². The monoisotopic (exact) mass is 409 g/mol. The largest absolute Gasteiger partial charge is 0.467 e. The Balaban J connectivity index is 1.67. The highest BCUT2D eigenvalue weighted by molar-refractivity contribution is 7.98. The molecular weight excluding hydrogens is 397 g/mol. The third-order valence-corrected chi connectivity index (χ3v) is 4.65. The van der Waals surface area contributed by atoms with Crippen LogP contribution in [0.5, 0.6) is 6.01 Å². The van der Waals surface area contributed by atoms with Gasteiger partial charge in [0.2, 0.25) is 0 Å². The Morgan fingerprint density at radius 1 is 1.08 bits per heavy atom. The summed E-state index contributed by atoms with van der Waals surface area (Å²) in [5, 5.41) is 1.16. The predicted octanol–water partition coefficient (Wildman–Crippen LogP) is 3.15. The van der Waals surface area contributed by atoms with Crippen molar-refractivity contribution in [1.82, 2.24) is 24.9 Å². The lowest BCUT2D eigenvalue weighted by Gasteiger charge is -2.05. The van der Waals surface area contributed by atoms with Gasteiger partial charge in [0.15, 0.2) is 5.16 Å². The maximum absolute atomic E-state index is 12.3. The SMILES string of the molecule is COc1ncc(Cc2cnc(SCc3cc(Cl)nc(Cl)c3)[nH]c2=O)cn1. The molecule has 0 atom stereocenters. The second kappa shape index (κ2) is 8.48. The van der Waals surface area contributed by atoms with Gasteiger partial charge in [-0.3, -0.25) is 4.79 Å². The molecule has 0 radical (unpaired) electrons. The van der Waals surface area contributed by atoms with Crippen molar-refractivity contribution < 1.29 is 4.74 Å². The zero-order chi connectivity index (χ0) is 18.5. The van der Waals surface area contributed by atoms with Crippen molar-refractivity contribution in [3.8, 4) is 6.01 Å². The van der Waals surface area contributed by atoms with Gasteiger partial charge >= 0.3 is 6.01 Å². The number of aromatic nitrogens is 5. The molecule has 26 heavy (non-hydrogen) atoms. The standard InChI is InChI=1S/C16H13Cl2N5O2S/c1-25-15-19-5-10(6-20-15)2-11-7-21-16(23-14(11)24)26-8-9-3-12(17)22-13(18)4-9/h3-7H,2,8H2,1H3,(H,21,23,24). The van der Waals surface area contributed by atoms with Crippen molar-refractivity contribution in [2.24, 2.45) is 0 Å². The fourth-order valence-electron chi connectivity index (χ4n) is 2.11. The minimum atomic E-state index is -0.205. The first-order chi connectivity index (χ1) is 12.5. The molecular formula is C16H13Cl2N5O2S. The van der Waals surface area contributed by atoms with Gasteiger partial charge in [0, 0.05) is 36.3 Å². The fraction of sp³-hybridized carbons (Fsp3) is 0.188. The van der Waals surface area contributed by atoms with E-state index >= 15 is 0 Å². The van der Waals surface area contributed by atoms with Crippen LogP contribution in [0.4, 0.5) is 0 Å². The summed E-state index contributed by atoms with van der Waals surface area (Å²) in [6, 6.07) is 3.72. The Bertz CT molecular complexity index is 945. The van der Waals surface area contributed by atoms with E-state index in [4.69, 9.17) is 27.9 Å². The summed E-state index contributed by atoms with van der Waals surface area (Å²) in [6.45, 7) is 0. The molecule has 1 N–H and O–H groups in total. The number of halogens is 2. The average molecular weight is 410 g/mol. The number of H-pyrrole nitrogens is 1. The minimum absolute atomic E-state index is 0.205. The number of nitrogens with one attached hydrogen (secondary N) is 1. The van der Waals surface area contributed by atoms with Crippen LogP contribution >= 0.6 is 35.0 Å². The highest BCUT2D eigenvalue weighted by Gasteiger charge is 2.07. The van der Waals surface area contributed by atoms with E-state index in [-0.39, 0.29) is 11.6 Å². The van der Waals surface area contributed by atoms with E-state index < -0.39 is 0 Å². The van der Waals surface area contributed by atoms with E-state index in [1.807, 2.05) is 0 Å². The Labute approximate surface area is 163 Å². The zero-order valence-electron chi connectivity index (χ0n) is 13.6. The van der Waals surface area contributed by atoms with Crippen LogP contribution in [-0.2, 0) is 12.2 Å². The van der Waals surface area contributed by atoms with E-state index in [0.717, 1.165) is 11.1 Å². The molecule has 0 saturated carbocycles. The van der Waals surface area contributed by atoms with Gasteiger partial charge in [0.25, 0.3) is 5.56 Å². The number of pyridine rings is 1. The lowest BCUT2D eigenvalue weighted by molar-refractivity contribution is 0.379. The summed E-state index contributed by atoms with van der Waals surface area (Å²) in [7, 11) is 1.49. The summed E-state index contributed by atoms with van der Waals surface area (Å²) < 4.78 is 4.91. The van der Waals surface area contributed by atoms with E-state index in [1.165, 1.54) is 18.9 Å². The van der Waals surface area contributed by atoms with Gasteiger partial charge in [-0.2, -0.15) is 0 Å². The molecule has 0 unspecified atom stereocenters. The number of thioether (sulfide) groups is 1. The predicted molar refractivity (Wildman–Crippen MR) is 100 cm³/mol. The normalized spacial score (nSPS) is 10.7. The molecule has 0 fully saturated rings. The van der Waals surface area contributed by atoms with Gasteiger partial charge in [-0.25, -0.2) is 19.9 Å². The number of nitrogens with zero attached hydrogens (tertiary/aromatic N) is 4. The van der Waals surface area contributed by atoms with E-state index in [0.29, 0.717) is 33.2 Å². The molecule has 134 valence electrons. The second-order valence-corrected chi connectivity index (χ2v) is 6.95. The van der Waals surface area contributed by atoms with Crippen molar-refractivity contribution in [2.45, 2.75) is 17.3 Å². The molecule has 3 heterocycles. The van der Waals surface area contributed by atoms with Gasteiger partial charge < -0.3 is 9.72 Å². The quantitative estimate of drug-likeness (QED) is 0.379. The summed E-state index contributed by atoms with van der Waals surface area (Å²) in [6.07, 6.45) is 5.17. The second-order valence-electron chi connectivity index (χ2n) is 5.21. The zero-order valence-corrected chi connectivity index (χ0v) is 15.9. The third kappa shape index (κ3) is 4.94. The Morgan fingerprint density at radius 3 is 2.38 bits per heavy atom. The van der Waals surface area contributed by atoms with Crippen LogP contribution in [0.25, 0.3) is 0 Å². The maximum Gasteiger partial charge on any atom is 0.316 e. The molecule has 0 saturated heterocycles. The van der Waals surface area contributed by atoms with E-state index in [1.54, 1.807) is 30.7 Å². The van der Waals surface area contributed by atoms with Crippen LogP contribution in [0.2, 0.25) is 10.3 Å². The molecule has 0 aromatic carbocycles. The molecule has 0 amide bonds. The van der Waals surface area contributed by atoms with Crippen LogP contribution < -0.4 is 10.3 Å². The van der Waals surface area contributed by atoms with Gasteiger partial charge in [0.05, 0.1) is 7.11 Å². The molecule has 3 aromatic rings. The van der Waals surface area contributed by atoms with Crippen LogP contribution in [-0.4, -0.2) is 32.0 Å². The highest BCUT2D eigenvalue weighted by Crippen LogP contribution is 2.22. The lowest BCUT2D eigenvalue weighted by Crippen LogP contribution is -2.15. The summed E-state index contributed by atoms with van der Waals surface area (Å²) in [5.41, 5.74) is 2.00. The number of aromatic amines is 1. The molecule has 3 aromatic heterocycles. The molecule has 3 rings (SSSR count). The Kier molecular flexibility index (Phi) is 6.08. The van der Waals surface area contributed by atoms with Gasteiger partial charge in [-0.1, -0.05) is 35.0 Å². The topological polar surface area (TPSA) is 93.7 Å². The number of rotatable bonds is 6. The van der Waals surface area contributed by atoms with Crippen molar-refractivity contribution in [2.75, 3.05) is 7.11 Å². The molecule has 0 bridgehead atoms. The number of ether oxygens (including phenoxy) is 1. The van der Waals surface area contributed by atoms with Crippen LogP contribution in [0.15, 0.2) is 40.7 Å². The maximum atomic E-state index is 12.3. The number of methoxy groups -OCH3 is 1. The first-order valence-electron chi connectivity index (χ1n) is 7.41. The summed E-state index contributed by atoms with van der Waals surface area (Å²) in [5.74, 6) is 0.552. The smallest absolute Gasteiger partial charge is 0.316 e. The Hall–Kier alpha value is -2.16. The van der Waals surface area contributed by atoms with Crippen molar-refractivity contribution >= 4 is 35.0 Å². The molecule has 0 aliphatic heterocycles. The van der Waals surface area contributed by atoms with E-state index in [2.05, 4.69) is 24.9 Å². The van der Waals surface area contributed by atoms with Crippen LogP contribution in [0.3, 0.4) is 0 Å². The molecule has 10 heteroatoms. The molecule has 0 aliphatic carbocycles. The Morgan fingerprint density at radius 2 is 1.77 bits per heavy atom. The lowest BCUT2D eigenvalue weighted by atomic mass is 10.1. The third-order valence-electron chi connectivity index (χ3n) is 3.31. The van der Waals surface area contributed by atoms with Crippen molar-refractivity contribution in [1.29, 1.82) is 0 Å². The van der Waals surface area contributed by atoms with Gasteiger partial charge in [-0.15, -0.1) is 0 Å². The van der Waals surface area contributed by atoms with Gasteiger partial charge in [-0.05, 0) is 23.3 Å². The van der Waals surface area contributed by atoms with Gasteiger partial charge in [0.1, 0.15) is 10.3 Å². The minimum Gasteiger partial charge on any atom is -0.467 e. The van der Waals surface area contributed by atoms with Crippen molar-refractivity contribution in [3.63, 3.8) is 0 Å². The van der Waals surface area contributed by atoms with Crippen molar-refractivity contribution in [3.05, 3.63) is 68.1 Å². The van der Waals surface area contributed by atoms with Crippen LogP contribution in [0, 0.1) is 0 Å². The first-order valence-corrected chi connectivity index (χ1v) is 9.15. The summed E-state index contributed by atoms with van der Waals surface area (Å²) >= 11 is 13.1.